The van der Waals surface area contributed by atoms with Crippen molar-refractivity contribution >= 4 is 11.6 Å². The summed E-state index contributed by atoms with van der Waals surface area (Å²) in [5.74, 6) is 2.84. The van der Waals surface area contributed by atoms with E-state index < -0.39 is 0 Å². The van der Waals surface area contributed by atoms with Crippen LogP contribution in [0.5, 0.6) is 0 Å². The summed E-state index contributed by atoms with van der Waals surface area (Å²) in [5.41, 5.74) is 1.11. The van der Waals surface area contributed by atoms with Crippen LogP contribution in [0.3, 0.4) is 0 Å². The van der Waals surface area contributed by atoms with E-state index in [1.807, 2.05) is 0 Å². The normalized spacial score (nSPS) is 12.5. The Balaban J connectivity index is 2.96. The third-order valence-corrected chi connectivity index (χ3v) is 3.23. The van der Waals surface area contributed by atoms with Crippen molar-refractivity contribution in [1.82, 2.24) is 14.9 Å². The number of nitrogens with one attached hydrogen (secondary N) is 2. The summed E-state index contributed by atoms with van der Waals surface area (Å²) in [6.07, 6.45) is 3.06. The van der Waals surface area contributed by atoms with Gasteiger partial charge in [-0.2, -0.15) is 0 Å². The number of hydrogen-bond acceptors (Lipinski definition) is 5. The van der Waals surface area contributed by atoms with E-state index in [0.717, 1.165) is 55.4 Å². The average molecular weight is 293 g/mol. The van der Waals surface area contributed by atoms with Gasteiger partial charge in [-0.25, -0.2) is 9.97 Å². The molecular weight excluding hydrogens is 262 g/mol. The molecule has 0 radical (unpaired) electrons. The lowest BCUT2D eigenvalue weighted by atomic mass is 10.2. The summed E-state index contributed by atoms with van der Waals surface area (Å²) < 4.78 is 0. The standard InChI is InChI=1S/C16H31N5/c1-7-9-14-19-15(17-10-8-2)13(4)16(20-14)18-12(3)11-21(5)6/h12H,7-11H2,1-6H3,(H2,17,18,19,20). The minimum absolute atomic E-state index is 0.349. The van der Waals surface area contributed by atoms with Crippen molar-refractivity contribution < 1.29 is 0 Å². The second-order valence-corrected chi connectivity index (χ2v) is 5.95. The lowest BCUT2D eigenvalue weighted by molar-refractivity contribution is 0.391. The zero-order valence-electron chi connectivity index (χ0n) is 14.5. The van der Waals surface area contributed by atoms with E-state index in [1.165, 1.54) is 0 Å². The number of nitrogens with zero attached hydrogens (tertiary/aromatic N) is 3. The number of anilines is 2. The highest BCUT2D eigenvalue weighted by Crippen LogP contribution is 2.21. The topological polar surface area (TPSA) is 53.1 Å². The van der Waals surface area contributed by atoms with E-state index in [2.05, 4.69) is 62.3 Å². The Kier molecular flexibility index (Phi) is 7.43. The Bertz CT molecular complexity index is 431. The summed E-state index contributed by atoms with van der Waals surface area (Å²) >= 11 is 0. The molecule has 0 fully saturated rings. The van der Waals surface area contributed by atoms with Crippen molar-refractivity contribution in [3.05, 3.63) is 11.4 Å². The molecular formula is C16H31N5. The molecule has 1 rings (SSSR count). The number of likely N-dealkylation sites (N-methyl/N-ethyl adjacent to an activating group) is 1. The van der Waals surface area contributed by atoms with Gasteiger partial charge in [0.1, 0.15) is 17.5 Å². The van der Waals surface area contributed by atoms with Crippen LogP contribution in [0.2, 0.25) is 0 Å². The van der Waals surface area contributed by atoms with Gasteiger partial charge in [-0.1, -0.05) is 13.8 Å². The Labute approximate surface area is 129 Å². The van der Waals surface area contributed by atoms with Crippen LogP contribution < -0.4 is 10.6 Å². The highest BCUT2D eigenvalue weighted by Gasteiger charge is 2.13. The lowest BCUT2D eigenvalue weighted by Crippen LogP contribution is -2.30. The molecule has 120 valence electrons. The van der Waals surface area contributed by atoms with E-state index in [0.29, 0.717) is 6.04 Å². The van der Waals surface area contributed by atoms with Crippen LogP contribution in [0.4, 0.5) is 11.6 Å². The summed E-state index contributed by atoms with van der Waals surface area (Å²) in [6, 6.07) is 0.349. The molecule has 0 saturated carbocycles. The first kappa shape index (κ1) is 17.7. The molecule has 1 heterocycles. The third kappa shape index (κ3) is 5.87. The summed E-state index contributed by atoms with van der Waals surface area (Å²) in [5, 5.41) is 6.94. The van der Waals surface area contributed by atoms with E-state index in [1.54, 1.807) is 0 Å². The van der Waals surface area contributed by atoms with E-state index >= 15 is 0 Å². The van der Waals surface area contributed by atoms with Crippen LogP contribution in [-0.4, -0.2) is 48.1 Å². The summed E-state index contributed by atoms with van der Waals surface area (Å²) in [7, 11) is 4.17. The van der Waals surface area contributed by atoms with Crippen molar-refractivity contribution in [2.24, 2.45) is 0 Å². The molecule has 0 aliphatic heterocycles. The Morgan fingerprint density at radius 1 is 1.10 bits per heavy atom. The molecule has 1 aromatic heterocycles. The molecule has 1 atom stereocenters. The molecule has 5 heteroatoms. The van der Waals surface area contributed by atoms with Gasteiger partial charge in [0.25, 0.3) is 0 Å². The number of rotatable bonds is 9. The molecule has 21 heavy (non-hydrogen) atoms. The first-order chi connectivity index (χ1) is 9.97. The number of aromatic nitrogens is 2. The molecule has 0 aliphatic rings. The van der Waals surface area contributed by atoms with Gasteiger partial charge in [0.2, 0.25) is 0 Å². The monoisotopic (exact) mass is 293 g/mol. The van der Waals surface area contributed by atoms with Gasteiger partial charge in [0, 0.05) is 31.1 Å². The molecule has 0 saturated heterocycles. The summed E-state index contributed by atoms with van der Waals surface area (Å²) in [6.45, 7) is 10.5. The molecule has 0 bridgehead atoms. The van der Waals surface area contributed by atoms with Crippen molar-refractivity contribution in [3.63, 3.8) is 0 Å². The maximum atomic E-state index is 4.70. The fourth-order valence-corrected chi connectivity index (χ4v) is 2.28. The van der Waals surface area contributed by atoms with Gasteiger partial charge in [-0.15, -0.1) is 0 Å². The lowest BCUT2D eigenvalue weighted by Gasteiger charge is -2.21. The molecule has 1 unspecified atom stereocenters. The Morgan fingerprint density at radius 2 is 1.76 bits per heavy atom. The van der Waals surface area contributed by atoms with E-state index in [9.17, 15) is 0 Å². The molecule has 0 amide bonds. The van der Waals surface area contributed by atoms with Crippen LogP contribution in [0.1, 0.15) is 45.0 Å². The molecule has 2 N–H and O–H groups in total. The maximum absolute atomic E-state index is 4.70. The van der Waals surface area contributed by atoms with Gasteiger partial charge in [0.05, 0.1) is 0 Å². The van der Waals surface area contributed by atoms with Crippen molar-refractivity contribution in [3.8, 4) is 0 Å². The zero-order chi connectivity index (χ0) is 15.8. The second-order valence-electron chi connectivity index (χ2n) is 5.95. The van der Waals surface area contributed by atoms with Gasteiger partial charge >= 0.3 is 0 Å². The number of hydrogen-bond donors (Lipinski definition) is 2. The largest absolute Gasteiger partial charge is 0.370 e. The van der Waals surface area contributed by atoms with Crippen LogP contribution in [-0.2, 0) is 6.42 Å². The second kappa shape index (κ2) is 8.82. The average Bonchev–Trinajstić information content (AvgIpc) is 2.40. The Morgan fingerprint density at radius 3 is 2.33 bits per heavy atom. The predicted molar refractivity (Wildman–Crippen MR) is 91.2 cm³/mol. The van der Waals surface area contributed by atoms with Crippen LogP contribution in [0.15, 0.2) is 0 Å². The quantitative estimate of drug-likeness (QED) is 0.733. The highest BCUT2D eigenvalue weighted by atomic mass is 15.1. The predicted octanol–water partition coefficient (Wildman–Crippen LogP) is 2.92. The smallest absolute Gasteiger partial charge is 0.135 e. The van der Waals surface area contributed by atoms with Gasteiger partial charge < -0.3 is 15.5 Å². The van der Waals surface area contributed by atoms with E-state index in [-0.39, 0.29) is 0 Å². The molecule has 1 aromatic rings. The highest BCUT2D eigenvalue weighted by molar-refractivity contribution is 5.57. The number of aryl methyl sites for hydroxylation is 1. The van der Waals surface area contributed by atoms with Crippen LogP contribution in [0.25, 0.3) is 0 Å². The molecule has 0 aromatic carbocycles. The van der Waals surface area contributed by atoms with Crippen molar-refractivity contribution in [2.45, 2.75) is 53.0 Å². The fourth-order valence-electron chi connectivity index (χ4n) is 2.28. The molecule has 5 nitrogen and oxygen atoms in total. The fraction of sp³-hybridized carbons (Fsp3) is 0.750. The minimum Gasteiger partial charge on any atom is -0.370 e. The zero-order valence-corrected chi connectivity index (χ0v) is 14.5. The summed E-state index contributed by atoms with van der Waals surface area (Å²) in [4.78, 5) is 11.5. The van der Waals surface area contributed by atoms with Crippen molar-refractivity contribution in [2.75, 3.05) is 37.8 Å². The first-order valence-corrected chi connectivity index (χ1v) is 8.00. The minimum atomic E-state index is 0.349. The van der Waals surface area contributed by atoms with Crippen LogP contribution >= 0.6 is 0 Å². The Hall–Kier alpha value is -1.36. The molecule has 0 spiro atoms. The molecule has 0 aliphatic carbocycles. The SMILES string of the molecule is CCCNc1nc(CCC)nc(NC(C)CN(C)C)c1C. The maximum Gasteiger partial charge on any atom is 0.135 e. The van der Waals surface area contributed by atoms with Gasteiger partial charge in [0.15, 0.2) is 0 Å². The van der Waals surface area contributed by atoms with E-state index in [4.69, 9.17) is 4.98 Å². The van der Waals surface area contributed by atoms with Crippen molar-refractivity contribution in [1.29, 1.82) is 0 Å². The van der Waals surface area contributed by atoms with Gasteiger partial charge in [-0.3, -0.25) is 0 Å². The first-order valence-electron chi connectivity index (χ1n) is 8.00. The van der Waals surface area contributed by atoms with Gasteiger partial charge in [-0.05, 0) is 40.8 Å². The van der Waals surface area contributed by atoms with Crippen LogP contribution in [0, 0.1) is 6.92 Å². The third-order valence-electron chi connectivity index (χ3n) is 3.23.